The molecule has 84 valence electrons. The van der Waals surface area contributed by atoms with Crippen LogP contribution in [0, 0.1) is 0 Å². The largest absolute Gasteiger partial charge is 0.478 e. The van der Waals surface area contributed by atoms with Crippen LogP contribution in [0.5, 0.6) is 0 Å². The summed E-state index contributed by atoms with van der Waals surface area (Å²) in [6.07, 6.45) is 1.38. The molecule has 0 fully saturated rings. The molecule has 1 aromatic heterocycles. The molecule has 0 radical (unpaired) electrons. The van der Waals surface area contributed by atoms with E-state index in [1.807, 2.05) is 13.8 Å². The molecular weight excluding hydrogens is 216 g/mol. The first kappa shape index (κ1) is 13.7. The fourth-order valence-electron chi connectivity index (χ4n) is 1.25. The topological polar surface area (TPSA) is 53.4 Å². The molecule has 0 atom stereocenters. The van der Waals surface area contributed by atoms with Crippen LogP contribution in [0.4, 0.5) is 5.82 Å². The molecule has 0 aliphatic rings. The smallest absolute Gasteiger partial charge is 0.337 e. The average Bonchev–Trinajstić information content (AvgIpc) is 2.20. The molecule has 0 unspecified atom stereocenters. The third-order valence-electron chi connectivity index (χ3n) is 2.08. The highest BCUT2D eigenvalue weighted by molar-refractivity contribution is 5.87. The van der Waals surface area contributed by atoms with Gasteiger partial charge in [0.05, 0.1) is 5.56 Å². The van der Waals surface area contributed by atoms with Crippen molar-refractivity contribution in [2.75, 3.05) is 18.0 Å². The summed E-state index contributed by atoms with van der Waals surface area (Å²) in [6, 6.07) is 3.30. The highest BCUT2D eigenvalue weighted by Crippen LogP contribution is 2.10. The van der Waals surface area contributed by atoms with Crippen LogP contribution in [0.3, 0.4) is 0 Å². The lowest BCUT2D eigenvalue weighted by atomic mass is 10.3. The van der Waals surface area contributed by atoms with E-state index in [0.29, 0.717) is 0 Å². The summed E-state index contributed by atoms with van der Waals surface area (Å²) >= 11 is 0. The Labute approximate surface area is 95.3 Å². The van der Waals surface area contributed by atoms with E-state index in [4.69, 9.17) is 5.11 Å². The van der Waals surface area contributed by atoms with Crippen molar-refractivity contribution in [3.05, 3.63) is 23.9 Å². The Hall–Kier alpha value is -1.29. The summed E-state index contributed by atoms with van der Waals surface area (Å²) in [6.45, 7) is 5.82. The number of aromatic nitrogens is 1. The van der Waals surface area contributed by atoms with Crippen LogP contribution in [0.2, 0.25) is 0 Å². The Morgan fingerprint density at radius 1 is 1.40 bits per heavy atom. The maximum absolute atomic E-state index is 10.6. The van der Waals surface area contributed by atoms with Gasteiger partial charge in [-0.1, -0.05) is 0 Å². The number of aromatic carboxylic acids is 1. The van der Waals surface area contributed by atoms with E-state index < -0.39 is 5.97 Å². The number of carbonyl (C=O) groups is 1. The van der Waals surface area contributed by atoms with Gasteiger partial charge in [0.2, 0.25) is 0 Å². The second-order valence-electron chi connectivity index (χ2n) is 2.88. The van der Waals surface area contributed by atoms with E-state index in [9.17, 15) is 4.79 Å². The molecule has 0 aromatic carbocycles. The average molecular weight is 231 g/mol. The molecule has 0 spiro atoms. The van der Waals surface area contributed by atoms with Crippen molar-refractivity contribution in [2.45, 2.75) is 13.8 Å². The zero-order chi connectivity index (χ0) is 10.6. The first-order valence-electron chi connectivity index (χ1n) is 4.63. The van der Waals surface area contributed by atoms with Crippen LogP contribution < -0.4 is 4.90 Å². The normalized spacial score (nSPS) is 9.20. The molecule has 0 saturated heterocycles. The third kappa shape index (κ3) is 3.40. The molecule has 0 aliphatic heterocycles. The van der Waals surface area contributed by atoms with Gasteiger partial charge in [-0.05, 0) is 26.0 Å². The maximum Gasteiger partial charge on any atom is 0.337 e. The molecule has 0 saturated carbocycles. The molecule has 0 amide bonds. The van der Waals surface area contributed by atoms with E-state index in [0.717, 1.165) is 18.9 Å². The van der Waals surface area contributed by atoms with Crippen LogP contribution >= 0.6 is 12.4 Å². The molecule has 5 heteroatoms. The van der Waals surface area contributed by atoms with Crippen molar-refractivity contribution < 1.29 is 9.90 Å². The summed E-state index contributed by atoms with van der Waals surface area (Å²) in [7, 11) is 0. The maximum atomic E-state index is 10.6. The van der Waals surface area contributed by atoms with Crippen LogP contribution in [0.15, 0.2) is 18.3 Å². The van der Waals surface area contributed by atoms with Crippen LogP contribution in [-0.4, -0.2) is 29.1 Å². The first-order chi connectivity index (χ1) is 6.69. The van der Waals surface area contributed by atoms with Gasteiger partial charge in [0, 0.05) is 19.3 Å². The highest BCUT2D eigenvalue weighted by atomic mass is 35.5. The highest BCUT2D eigenvalue weighted by Gasteiger charge is 2.05. The summed E-state index contributed by atoms with van der Waals surface area (Å²) in [4.78, 5) is 16.7. The molecule has 1 N–H and O–H groups in total. The quantitative estimate of drug-likeness (QED) is 0.860. The van der Waals surface area contributed by atoms with E-state index in [-0.39, 0.29) is 18.0 Å². The number of anilines is 1. The zero-order valence-electron chi connectivity index (χ0n) is 8.80. The van der Waals surface area contributed by atoms with Gasteiger partial charge in [-0.3, -0.25) is 0 Å². The summed E-state index contributed by atoms with van der Waals surface area (Å²) in [5.41, 5.74) is 0.223. The Morgan fingerprint density at radius 2 is 2.00 bits per heavy atom. The van der Waals surface area contributed by atoms with Crippen molar-refractivity contribution in [2.24, 2.45) is 0 Å². The van der Waals surface area contributed by atoms with E-state index in [2.05, 4.69) is 9.88 Å². The molecule has 1 heterocycles. The number of carboxylic acids is 1. The van der Waals surface area contributed by atoms with Crippen molar-refractivity contribution in [3.63, 3.8) is 0 Å². The van der Waals surface area contributed by atoms with Crippen molar-refractivity contribution >= 4 is 24.2 Å². The van der Waals surface area contributed by atoms with E-state index in [1.165, 1.54) is 6.20 Å². The van der Waals surface area contributed by atoms with E-state index in [1.54, 1.807) is 12.1 Å². The second-order valence-corrected chi connectivity index (χ2v) is 2.88. The number of pyridine rings is 1. The number of hydrogen-bond donors (Lipinski definition) is 1. The summed E-state index contributed by atoms with van der Waals surface area (Å²) in [5.74, 6) is -0.122. The first-order valence-corrected chi connectivity index (χ1v) is 4.63. The molecular formula is C10H15ClN2O2. The third-order valence-corrected chi connectivity index (χ3v) is 2.08. The predicted octanol–water partition coefficient (Wildman–Crippen LogP) is 2.05. The van der Waals surface area contributed by atoms with Gasteiger partial charge in [0.15, 0.2) is 0 Å². The van der Waals surface area contributed by atoms with Gasteiger partial charge >= 0.3 is 5.97 Å². The minimum atomic E-state index is -0.941. The Kier molecular flexibility index (Phi) is 5.70. The summed E-state index contributed by atoms with van der Waals surface area (Å²) in [5, 5.41) is 8.68. The minimum Gasteiger partial charge on any atom is -0.478 e. The van der Waals surface area contributed by atoms with Crippen molar-refractivity contribution in [1.29, 1.82) is 0 Å². The van der Waals surface area contributed by atoms with Crippen LogP contribution in [-0.2, 0) is 0 Å². The minimum absolute atomic E-state index is 0. The molecule has 1 aromatic rings. The Morgan fingerprint density at radius 3 is 2.33 bits per heavy atom. The van der Waals surface area contributed by atoms with Crippen LogP contribution in [0.25, 0.3) is 0 Å². The Bertz CT molecular complexity index is 310. The molecule has 1 rings (SSSR count). The molecule has 4 nitrogen and oxygen atoms in total. The van der Waals surface area contributed by atoms with Crippen LogP contribution in [0.1, 0.15) is 24.2 Å². The second kappa shape index (κ2) is 6.24. The van der Waals surface area contributed by atoms with Crippen molar-refractivity contribution in [3.8, 4) is 0 Å². The van der Waals surface area contributed by atoms with Gasteiger partial charge in [0.1, 0.15) is 5.82 Å². The summed E-state index contributed by atoms with van der Waals surface area (Å²) < 4.78 is 0. The number of nitrogens with zero attached hydrogens (tertiary/aromatic N) is 2. The van der Waals surface area contributed by atoms with Gasteiger partial charge in [-0.25, -0.2) is 9.78 Å². The zero-order valence-corrected chi connectivity index (χ0v) is 9.62. The fraction of sp³-hybridized carbons (Fsp3) is 0.400. The standard InChI is InChI=1S/C10H14N2O2.ClH/c1-3-12(4-2)9-6-5-8(7-11-9)10(13)14;/h5-7H,3-4H2,1-2H3,(H,13,14);1H. The number of halogens is 1. The predicted molar refractivity (Wildman–Crippen MR) is 62.0 cm³/mol. The monoisotopic (exact) mass is 230 g/mol. The van der Waals surface area contributed by atoms with Gasteiger partial charge in [-0.15, -0.1) is 12.4 Å². The lowest BCUT2D eigenvalue weighted by Crippen LogP contribution is -2.22. The van der Waals surface area contributed by atoms with Crippen molar-refractivity contribution in [1.82, 2.24) is 4.98 Å². The fourth-order valence-corrected chi connectivity index (χ4v) is 1.25. The van der Waals surface area contributed by atoms with Gasteiger partial charge in [0.25, 0.3) is 0 Å². The SMILES string of the molecule is CCN(CC)c1ccc(C(=O)O)cn1.Cl. The van der Waals surface area contributed by atoms with Gasteiger partial charge in [-0.2, -0.15) is 0 Å². The van der Waals surface area contributed by atoms with E-state index >= 15 is 0 Å². The number of carboxylic acid groups (broad SMARTS) is 1. The lowest BCUT2D eigenvalue weighted by Gasteiger charge is -2.19. The van der Waals surface area contributed by atoms with Gasteiger partial charge < -0.3 is 10.0 Å². The molecule has 15 heavy (non-hydrogen) atoms. The molecule has 0 aliphatic carbocycles. The number of rotatable bonds is 4. The molecule has 0 bridgehead atoms. The number of hydrogen-bond acceptors (Lipinski definition) is 3. The lowest BCUT2D eigenvalue weighted by molar-refractivity contribution is 0.0696. The Balaban J connectivity index is 0.00000196.